The molecule has 4 aliphatic carbocycles. The maximum Gasteiger partial charge on any atom is 0.202 e. The Hall–Kier alpha value is -3.29. The fourth-order valence-corrected chi connectivity index (χ4v) is 12.9. The monoisotopic (exact) mass is 817 g/mol. The molecule has 1 heterocycles. The predicted molar refractivity (Wildman–Crippen MR) is 237 cm³/mol. The van der Waals surface area contributed by atoms with E-state index in [0.29, 0.717) is 50.1 Å². The van der Waals surface area contributed by atoms with E-state index in [0.717, 1.165) is 59.0 Å². The highest BCUT2D eigenvalue weighted by molar-refractivity contribution is 5.96. The first kappa shape index (κ1) is 43.4. The van der Waals surface area contributed by atoms with Crippen LogP contribution in [0.25, 0.3) is 0 Å². The van der Waals surface area contributed by atoms with Crippen LogP contribution in [0, 0.1) is 52.3 Å². The first-order chi connectivity index (χ1) is 29.1. The minimum absolute atomic E-state index is 0.267. The number of hydrogen-bond acceptors (Lipinski definition) is 6. The zero-order valence-corrected chi connectivity index (χ0v) is 37.1. The zero-order chi connectivity index (χ0) is 41.7. The first-order valence-electron chi connectivity index (χ1n) is 23.6. The number of allylic oxidation sites excluding steroid dienone is 2. The number of carbonyl (C=O) groups is 1. The smallest absolute Gasteiger partial charge is 0.202 e. The molecule has 0 bridgehead atoms. The molecule has 60 heavy (non-hydrogen) atoms. The van der Waals surface area contributed by atoms with Gasteiger partial charge in [-0.2, -0.15) is 0 Å². The van der Waals surface area contributed by atoms with E-state index in [1.165, 1.54) is 51.4 Å². The van der Waals surface area contributed by atoms with Crippen LogP contribution in [0.15, 0.2) is 103 Å². The van der Waals surface area contributed by atoms with E-state index in [4.69, 9.17) is 23.7 Å². The average molecular weight is 817 g/mol. The third kappa shape index (κ3) is 9.53. The van der Waals surface area contributed by atoms with E-state index in [1.54, 1.807) is 0 Å². The van der Waals surface area contributed by atoms with Crippen LogP contribution in [0.5, 0.6) is 0 Å². The highest BCUT2D eigenvalue weighted by Crippen LogP contribution is 2.68. The molecular formula is C54H72O6. The van der Waals surface area contributed by atoms with Gasteiger partial charge in [0.05, 0.1) is 32.5 Å². The molecule has 1 aliphatic heterocycles. The minimum atomic E-state index is -0.597. The Morgan fingerprint density at radius 1 is 0.733 bits per heavy atom. The lowest BCUT2D eigenvalue weighted by Gasteiger charge is -2.59. The second kappa shape index (κ2) is 19.4. The van der Waals surface area contributed by atoms with Gasteiger partial charge in [-0.05, 0) is 102 Å². The second-order valence-corrected chi connectivity index (χ2v) is 20.2. The number of ether oxygens (including phenoxy) is 5. The van der Waals surface area contributed by atoms with E-state index in [2.05, 4.69) is 71.0 Å². The predicted octanol–water partition coefficient (Wildman–Crippen LogP) is 12.3. The maximum absolute atomic E-state index is 14.6. The Labute approximate surface area is 361 Å². The van der Waals surface area contributed by atoms with Crippen LogP contribution in [0.2, 0.25) is 0 Å². The molecule has 0 amide bonds. The summed E-state index contributed by atoms with van der Waals surface area (Å²) in [6.07, 6.45) is 12.9. The van der Waals surface area contributed by atoms with Gasteiger partial charge >= 0.3 is 0 Å². The van der Waals surface area contributed by atoms with E-state index in [1.807, 2.05) is 60.7 Å². The summed E-state index contributed by atoms with van der Waals surface area (Å²) in [5, 5.41) is 0. The van der Waals surface area contributed by atoms with Crippen molar-refractivity contribution >= 4 is 5.78 Å². The van der Waals surface area contributed by atoms with Crippen molar-refractivity contribution in [2.24, 2.45) is 52.3 Å². The van der Waals surface area contributed by atoms with Crippen molar-refractivity contribution in [3.63, 3.8) is 0 Å². The summed E-state index contributed by atoms with van der Waals surface area (Å²) < 4.78 is 33.4. The molecular weight excluding hydrogens is 745 g/mol. The largest absolute Gasteiger partial charge is 0.469 e. The second-order valence-electron chi connectivity index (χ2n) is 20.2. The quantitative estimate of drug-likeness (QED) is 0.135. The van der Waals surface area contributed by atoms with Crippen molar-refractivity contribution in [3.8, 4) is 0 Å². The van der Waals surface area contributed by atoms with E-state index in [9.17, 15) is 4.79 Å². The zero-order valence-electron chi connectivity index (χ0n) is 37.1. The molecule has 6 heteroatoms. The third-order valence-corrected chi connectivity index (χ3v) is 16.1. The van der Waals surface area contributed by atoms with Crippen LogP contribution in [-0.4, -0.2) is 37.0 Å². The summed E-state index contributed by atoms with van der Waals surface area (Å²) in [5.74, 6) is 5.53. The Morgan fingerprint density at radius 2 is 1.38 bits per heavy atom. The molecule has 5 aliphatic rings. The van der Waals surface area contributed by atoms with Crippen LogP contribution in [-0.2, 0) is 48.3 Å². The van der Waals surface area contributed by atoms with Gasteiger partial charge < -0.3 is 23.7 Å². The summed E-state index contributed by atoms with van der Waals surface area (Å²) in [6.45, 7) is 13.9. The molecule has 3 aromatic rings. The van der Waals surface area contributed by atoms with E-state index < -0.39 is 12.4 Å². The molecule has 3 saturated carbocycles. The molecule has 324 valence electrons. The Morgan fingerprint density at radius 3 is 2.05 bits per heavy atom. The summed E-state index contributed by atoms with van der Waals surface area (Å²) >= 11 is 0. The lowest BCUT2D eigenvalue weighted by Crippen LogP contribution is -2.56. The number of ketones is 1. The number of carbonyl (C=O) groups excluding carboxylic acids is 1. The number of rotatable bonds is 17. The van der Waals surface area contributed by atoms with Gasteiger partial charge in [-0.1, -0.05) is 145 Å². The Balaban J connectivity index is 0.974. The molecule has 3 aromatic carbocycles. The lowest BCUT2D eigenvalue weighted by molar-refractivity contribution is -0.271. The Bertz CT molecular complexity index is 1850. The molecule has 0 aromatic heterocycles. The van der Waals surface area contributed by atoms with Gasteiger partial charge in [-0.15, -0.1) is 0 Å². The lowest BCUT2D eigenvalue weighted by atomic mass is 9.44. The third-order valence-electron chi connectivity index (χ3n) is 16.1. The van der Waals surface area contributed by atoms with Crippen molar-refractivity contribution in [2.75, 3.05) is 6.61 Å². The molecule has 4 fully saturated rings. The number of fused-ring (bicyclic) bond motifs is 5. The molecule has 6 nitrogen and oxygen atoms in total. The van der Waals surface area contributed by atoms with Gasteiger partial charge in [0.15, 0.2) is 5.78 Å². The van der Waals surface area contributed by atoms with Crippen LogP contribution >= 0.6 is 0 Å². The fraction of sp³-hybridized carbons (Fsp3) is 0.611. The van der Waals surface area contributed by atoms with E-state index >= 15 is 0 Å². The molecule has 0 unspecified atom stereocenters. The van der Waals surface area contributed by atoms with Crippen LogP contribution < -0.4 is 0 Å². The summed E-state index contributed by atoms with van der Waals surface area (Å²) in [7, 11) is 0. The van der Waals surface area contributed by atoms with Crippen LogP contribution in [0.3, 0.4) is 0 Å². The fourth-order valence-electron chi connectivity index (χ4n) is 12.9. The van der Waals surface area contributed by atoms with Crippen LogP contribution in [0.1, 0.15) is 122 Å². The van der Waals surface area contributed by atoms with Gasteiger partial charge in [0.1, 0.15) is 18.0 Å². The van der Waals surface area contributed by atoms with Crippen molar-refractivity contribution in [2.45, 2.75) is 150 Å². The van der Waals surface area contributed by atoms with Gasteiger partial charge in [0, 0.05) is 24.3 Å². The van der Waals surface area contributed by atoms with Gasteiger partial charge in [-0.25, -0.2) is 0 Å². The average Bonchev–Trinajstić information content (AvgIpc) is 3.61. The maximum atomic E-state index is 14.6. The summed E-state index contributed by atoms with van der Waals surface area (Å²) in [4.78, 5) is 14.6. The van der Waals surface area contributed by atoms with Crippen molar-refractivity contribution in [1.82, 2.24) is 0 Å². The van der Waals surface area contributed by atoms with E-state index in [-0.39, 0.29) is 29.3 Å². The number of benzene rings is 3. The molecule has 1 saturated heterocycles. The molecule has 8 rings (SSSR count). The van der Waals surface area contributed by atoms with Crippen LogP contribution in [0.4, 0.5) is 0 Å². The molecule has 0 N–H and O–H groups in total. The SMILES string of the molecule is CC(C)CCC[C@@H](C)[C@H]1CC[C@H]2[C@@H]3CC[C@H]4CC(O[C@@H]5C[C@@H](OCc6ccccc6)[C@H](OCc6ccccc6)[C@@H](COCc6ccccc6)O5)=CC(=O)[C@]4(C)[C@H]3CC[C@]12C. The van der Waals surface area contributed by atoms with Crippen molar-refractivity contribution < 1.29 is 28.5 Å². The standard InChI is InChI=1S/C54H72O6/c1-37(2)16-15-17-38(3)45-26-27-46-44-25-24-42-30-43(31-50(55)54(42,5)47(44)28-29-53(45,46)4)59-51-32-48(57-34-40-20-11-7-12-21-40)52(58-35-41-22-13-8-14-23-41)49(60-51)36-56-33-39-18-9-6-10-19-39/h6-14,18-23,31,37-38,42,44-49,51-52H,15-17,24-30,32-36H2,1-5H3/t38-,42+,44+,45-,46+,47+,48-,49-,51+,52+,53-,54+/m1/s1. The molecule has 0 spiro atoms. The first-order valence-corrected chi connectivity index (χ1v) is 23.6. The van der Waals surface area contributed by atoms with Gasteiger partial charge in [-0.3, -0.25) is 4.79 Å². The highest BCUT2D eigenvalue weighted by atomic mass is 16.7. The summed E-state index contributed by atoms with van der Waals surface area (Å²) in [6, 6.07) is 30.8. The highest BCUT2D eigenvalue weighted by Gasteiger charge is 2.62. The molecule has 0 radical (unpaired) electrons. The topological polar surface area (TPSA) is 63.2 Å². The molecule has 12 atom stereocenters. The minimum Gasteiger partial charge on any atom is -0.469 e. The Kier molecular flexibility index (Phi) is 14.0. The summed E-state index contributed by atoms with van der Waals surface area (Å²) in [5.41, 5.74) is 3.36. The number of hydrogen-bond donors (Lipinski definition) is 0. The van der Waals surface area contributed by atoms with Crippen molar-refractivity contribution in [3.05, 3.63) is 120 Å². The normalized spacial score (nSPS) is 34.3. The van der Waals surface area contributed by atoms with Crippen molar-refractivity contribution in [1.29, 1.82) is 0 Å². The van der Waals surface area contributed by atoms with Gasteiger partial charge in [0.2, 0.25) is 6.29 Å². The van der Waals surface area contributed by atoms with Gasteiger partial charge in [0.25, 0.3) is 0 Å².